The van der Waals surface area contributed by atoms with Crippen LogP contribution in [0.3, 0.4) is 0 Å². The summed E-state index contributed by atoms with van der Waals surface area (Å²) in [7, 11) is 0. The molecule has 2 heteroatoms. The first-order chi connectivity index (χ1) is 7.84. The fourth-order valence-electron chi connectivity index (χ4n) is 1.82. The van der Waals surface area contributed by atoms with Crippen molar-refractivity contribution in [3.05, 3.63) is 71.5 Å². The summed E-state index contributed by atoms with van der Waals surface area (Å²) in [5.41, 5.74) is 3.25. The molecule has 0 amide bonds. The van der Waals surface area contributed by atoms with Gasteiger partial charge in [0.1, 0.15) is 11.9 Å². The van der Waals surface area contributed by atoms with Gasteiger partial charge in [0, 0.05) is 0 Å². The Balaban J connectivity index is 1.81. The van der Waals surface area contributed by atoms with Crippen molar-refractivity contribution in [2.24, 2.45) is 4.99 Å². The fraction of sp³-hybridized carbons (Fsp3) is 0.0714. The lowest BCUT2D eigenvalue weighted by atomic mass is 10.0. The van der Waals surface area contributed by atoms with Crippen molar-refractivity contribution in [3.8, 4) is 0 Å². The summed E-state index contributed by atoms with van der Waals surface area (Å²) in [6, 6.07) is 16.8. The summed E-state index contributed by atoms with van der Waals surface area (Å²) in [5, 5.41) is 0. The minimum absolute atomic E-state index is 0.173. The van der Waals surface area contributed by atoms with E-state index in [1.54, 1.807) is 12.1 Å². The molecule has 0 aliphatic carbocycles. The minimum Gasteiger partial charge on any atom is -0.272 e. The standard InChI is InChI=1S/C14H10FN/c15-12-8-6-11(7-9-12)14-13(16-14)10-4-2-1-3-5-10/h1-9,13H/t13-/m0/s1. The van der Waals surface area contributed by atoms with Gasteiger partial charge in [-0.1, -0.05) is 42.5 Å². The zero-order valence-electron chi connectivity index (χ0n) is 8.60. The molecular weight excluding hydrogens is 201 g/mol. The van der Waals surface area contributed by atoms with E-state index in [0.29, 0.717) is 0 Å². The molecule has 0 N–H and O–H groups in total. The highest BCUT2D eigenvalue weighted by atomic mass is 19.1. The lowest BCUT2D eigenvalue weighted by molar-refractivity contribution is 0.628. The predicted octanol–water partition coefficient (Wildman–Crippen LogP) is 3.37. The zero-order chi connectivity index (χ0) is 11.0. The molecule has 2 aromatic carbocycles. The summed E-state index contributed by atoms with van der Waals surface area (Å²) >= 11 is 0. The van der Waals surface area contributed by atoms with Crippen molar-refractivity contribution >= 4 is 5.71 Å². The Labute approximate surface area is 93.3 Å². The molecule has 0 saturated heterocycles. The van der Waals surface area contributed by atoms with Crippen LogP contribution in [0.25, 0.3) is 0 Å². The number of benzene rings is 2. The van der Waals surface area contributed by atoms with Gasteiger partial charge in [0.25, 0.3) is 0 Å². The van der Waals surface area contributed by atoms with E-state index in [1.165, 1.54) is 17.7 Å². The maximum absolute atomic E-state index is 12.8. The van der Waals surface area contributed by atoms with Gasteiger partial charge < -0.3 is 0 Å². The molecule has 0 unspecified atom stereocenters. The third-order valence-electron chi connectivity index (χ3n) is 2.71. The molecular formula is C14H10FN. The topological polar surface area (TPSA) is 12.4 Å². The first-order valence-electron chi connectivity index (χ1n) is 5.23. The number of rotatable bonds is 2. The number of halogens is 1. The van der Waals surface area contributed by atoms with Crippen LogP contribution in [0, 0.1) is 5.82 Å². The van der Waals surface area contributed by atoms with Gasteiger partial charge in [-0.25, -0.2) is 4.39 Å². The van der Waals surface area contributed by atoms with Crippen LogP contribution >= 0.6 is 0 Å². The summed E-state index contributed by atoms with van der Waals surface area (Å²) in [6.45, 7) is 0. The fourth-order valence-corrected chi connectivity index (χ4v) is 1.82. The van der Waals surface area contributed by atoms with E-state index >= 15 is 0 Å². The average molecular weight is 211 g/mol. The van der Waals surface area contributed by atoms with Crippen LogP contribution in [0.1, 0.15) is 17.2 Å². The Kier molecular flexibility index (Phi) is 2.07. The molecule has 1 aliphatic heterocycles. The molecule has 1 nitrogen and oxygen atoms in total. The second kappa shape index (κ2) is 3.56. The van der Waals surface area contributed by atoms with Crippen LogP contribution in [0.2, 0.25) is 0 Å². The smallest absolute Gasteiger partial charge is 0.123 e. The molecule has 0 radical (unpaired) electrons. The van der Waals surface area contributed by atoms with Crippen LogP contribution in [0.5, 0.6) is 0 Å². The first-order valence-corrected chi connectivity index (χ1v) is 5.23. The van der Waals surface area contributed by atoms with Gasteiger partial charge in [-0.05, 0) is 23.3 Å². The molecule has 0 bridgehead atoms. The molecule has 3 rings (SSSR count). The minimum atomic E-state index is -0.207. The number of nitrogens with zero attached hydrogens (tertiary/aromatic N) is 1. The zero-order valence-corrected chi connectivity index (χ0v) is 8.60. The monoisotopic (exact) mass is 211 g/mol. The van der Waals surface area contributed by atoms with Crippen molar-refractivity contribution in [1.82, 2.24) is 0 Å². The third kappa shape index (κ3) is 1.63. The van der Waals surface area contributed by atoms with Crippen LogP contribution in [-0.4, -0.2) is 5.71 Å². The van der Waals surface area contributed by atoms with Gasteiger partial charge in [-0.15, -0.1) is 0 Å². The maximum Gasteiger partial charge on any atom is 0.123 e. The Morgan fingerprint density at radius 2 is 1.56 bits per heavy atom. The molecule has 1 heterocycles. The molecule has 2 aromatic rings. The average Bonchev–Trinajstić information content (AvgIpc) is 3.11. The summed E-state index contributed by atoms with van der Waals surface area (Å²) < 4.78 is 12.8. The maximum atomic E-state index is 12.8. The Morgan fingerprint density at radius 3 is 2.25 bits per heavy atom. The first kappa shape index (κ1) is 9.28. The molecule has 78 valence electrons. The molecule has 0 fully saturated rings. The Morgan fingerprint density at radius 1 is 0.875 bits per heavy atom. The summed E-state index contributed by atoms with van der Waals surface area (Å²) in [6.07, 6.45) is 0. The quantitative estimate of drug-likeness (QED) is 0.722. The predicted molar refractivity (Wildman–Crippen MR) is 62.1 cm³/mol. The van der Waals surface area contributed by atoms with Crippen LogP contribution in [0.15, 0.2) is 59.6 Å². The van der Waals surface area contributed by atoms with Crippen molar-refractivity contribution < 1.29 is 4.39 Å². The van der Waals surface area contributed by atoms with Gasteiger partial charge in [0.05, 0.1) is 5.71 Å². The third-order valence-corrected chi connectivity index (χ3v) is 2.71. The van der Waals surface area contributed by atoms with E-state index in [9.17, 15) is 4.39 Å². The highest BCUT2D eigenvalue weighted by Crippen LogP contribution is 2.34. The van der Waals surface area contributed by atoms with Crippen molar-refractivity contribution in [3.63, 3.8) is 0 Å². The second-order valence-corrected chi connectivity index (χ2v) is 3.83. The molecule has 0 saturated carbocycles. The van der Waals surface area contributed by atoms with Crippen molar-refractivity contribution in [1.29, 1.82) is 0 Å². The molecule has 1 atom stereocenters. The molecule has 16 heavy (non-hydrogen) atoms. The van der Waals surface area contributed by atoms with Crippen LogP contribution in [-0.2, 0) is 0 Å². The Bertz CT molecular complexity index is 528. The normalized spacial score (nSPS) is 18.1. The number of hydrogen-bond acceptors (Lipinski definition) is 1. The number of hydrogen-bond donors (Lipinski definition) is 0. The van der Waals surface area contributed by atoms with Crippen molar-refractivity contribution in [2.75, 3.05) is 0 Å². The van der Waals surface area contributed by atoms with E-state index in [0.717, 1.165) is 11.3 Å². The van der Waals surface area contributed by atoms with Crippen molar-refractivity contribution in [2.45, 2.75) is 6.04 Å². The molecule has 1 aliphatic rings. The highest BCUT2D eigenvalue weighted by Gasteiger charge is 2.29. The summed E-state index contributed by atoms with van der Waals surface area (Å²) in [4.78, 5) is 4.42. The van der Waals surface area contributed by atoms with Gasteiger partial charge in [0.2, 0.25) is 0 Å². The lowest BCUT2D eigenvalue weighted by Crippen LogP contribution is -1.93. The largest absolute Gasteiger partial charge is 0.272 e. The van der Waals surface area contributed by atoms with E-state index in [-0.39, 0.29) is 11.9 Å². The second-order valence-electron chi connectivity index (χ2n) is 3.83. The van der Waals surface area contributed by atoms with Gasteiger partial charge >= 0.3 is 0 Å². The van der Waals surface area contributed by atoms with E-state index in [4.69, 9.17) is 0 Å². The van der Waals surface area contributed by atoms with E-state index < -0.39 is 0 Å². The van der Waals surface area contributed by atoms with E-state index in [2.05, 4.69) is 17.1 Å². The lowest BCUT2D eigenvalue weighted by Gasteiger charge is -1.97. The summed E-state index contributed by atoms with van der Waals surface area (Å²) in [5.74, 6) is -0.207. The van der Waals surface area contributed by atoms with Crippen LogP contribution < -0.4 is 0 Å². The number of aliphatic imine (C=N–C) groups is 1. The van der Waals surface area contributed by atoms with E-state index in [1.807, 2.05) is 18.2 Å². The van der Waals surface area contributed by atoms with Gasteiger partial charge in [0.15, 0.2) is 0 Å². The molecule has 0 aromatic heterocycles. The van der Waals surface area contributed by atoms with Gasteiger partial charge in [-0.2, -0.15) is 0 Å². The SMILES string of the molecule is Fc1ccc(C2=N[C@H]2c2ccccc2)cc1. The highest BCUT2D eigenvalue weighted by molar-refractivity contribution is 6.13. The van der Waals surface area contributed by atoms with Crippen LogP contribution in [0.4, 0.5) is 4.39 Å². The molecule has 0 spiro atoms. The Hall–Kier alpha value is -1.96. The van der Waals surface area contributed by atoms with Gasteiger partial charge in [-0.3, -0.25) is 4.99 Å².